The van der Waals surface area contributed by atoms with Crippen molar-refractivity contribution in [3.8, 4) is 0 Å². The lowest BCUT2D eigenvalue weighted by Gasteiger charge is -2.25. The second-order valence-corrected chi connectivity index (χ2v) is 9.46. The Morgan fingerprint density at radius 2 is 1.83 bits per heavy atom. The Kier molecular flexibility index (Phi) is 9.97. The fourth-order valence-corrected chi connectivity index (χ4v) is 4.85. The molecule has 1 rings (SSSR count). The summed E-state index contributed by atoms with van der Waals surface area (Å²) in [6.07, 6.45) is 3.53. The maximum absolute atomic E-state index is 12.2. The van der Waals surface area contributed by atoms with Gasteiger partial charge in [-0.05, 0) is 12.3 Å². The van der Waals surface area contributed by atoms with Crippen LogP contribution in [-0.4, -0.2) is 69.2 Å². The van der Waals surface area contributed by atoms with Crippen LogP contribution in [0.5, 0.6) is 0 Å². The first-order chi connectivity index (χ1) is 11.0. The molecule has 0 aliphatic carbocycles. The van der Waals surface area contributed by atoms with E-state index in [0.717, 1.165) is 30.4 Å². The molecular formula is C15H32N4O2S2. The van der Waals surface area contributed by atoms with Crippen molar-refractivity contribution in [3.63, 3.8) is 0 Å². The number of nitrogens with one attached hydrogen (secondary N) is 2. The highest BCUT2D eigenvalue weighted by atomic mass is 32.2. The molecule has 0 unspecified atom stereocenters. The monoisotopic (exact) mass is 364 g/mol. The zero-order valence-electron chi connectivity index (χ0n) is 14.7. The van der Waals surface area contributed by atoms with Crippen LogP contribution in [0.2, 0.25) is 0 Å². The Balaban J connectivity index is 2.21. The van der Waals surface area contributed by atoms with Crippen LogP contribution < -0.4 is 10.6 Å². The van der Waals surface area contributed by atoms with E-state index < -0.39 is 10.0 Å². The first-order valence-electron chi connectivity index (χ1n) is 8.46. The van der Waals surface area contributed by atoms with Gasteiger partial charge in [-0.2, -0.15) is 11.8 Å². The second kappa shape index (κ2) is 11.1. The highest BCUT2D eigenvalue weighted by molar-refractivity contribution is 7.99. The molecule has 6 nitrogen and oxygen atoms in total. The molecule has 1 heterocycles. The van der Waals surface area contributed by atoms with Crippen LogP contribution in [-0.2, 0) is 10.0 Å². The number of thioether (sulfide) groups is 1. The van der Waals surface area contributed by atoms with E-state index >= 15 is 0 Å². The summed E-state index contributed by atoms with van der Waals surface area (Å²) in [4.78, 5) is 4.14. The van der Waals surface area contributed by atoms with E-state index in [-0.39, 0.29) is 5.75 Å². The third-order valence-corrected chi connectivity index (χ3v) is 6.55. The third-order valence-electron chi connectivity index (χ3n) is 3.74. The molecule has 1 aliphatic rings. The van der Waals surface area contributed by atoms with Gasteiger partial charge in [0, 0.05) is 44.7 Å². The van der Waals surface area contributed by atoms with Crippen molar-refractivity contribution in [2.45, 2.75) is 33.1 Å². The molecular weight excluding hydrogens is 332 g/mol. The van der Waals surface area contributed by atoms with E-state index in [1.807, 2.05) is 11.8 Å². The van der Waals surface area contributed by atoms with Crippen LogP contribution in [0.4, 0.5) is 0 Å². The Hall–Kier alpha value is -0.470. The lowest BCUT2D eigenvalue weighted by Crippen LogP contribution is -2.44. The molecule has 0 spiro atoms. The zero-order valence-corrected chi connectivity index (χ0v) is 16.3. The van der Waals surface area contributed by atoms with Crippen LogP contribution in [0, 0.1) is 5.92 Å². The van der Waals surface area contributed by atoms with Crippen LogP contribution in [0.1, 0.15) is 33.1 Å². The first kappa shape index (κ1) is 20.6. The number of nitrogens with zero attached hydrogens (tertiary/aromatic N) is 2. The summed E-state index contributed by atoms with van der Waals surface area (Å²) in [6, 6.07) is 0. The number of unbranched alkanes of at least 4 members (excludes halogenated alkanes) is 1. The van der Waals surface area contributed by atoms with Crippen LogP contribution in [0.25, 0.3) is 0 Å². The highest BCUT2D eigenvalue weighted by Crippen LogP contribution is 2.12. The number of sulfonamides is 1. The number of aliphatic imine (C=N–C) groups is 1. The smallest absolute Gasteiger partial charge is 0.215 e. The molecule has 0 saturated carbocycles. The van der Waals surface area contributed by atoms with Gasteiger partial charge in [-0.25, -0.2) is 12.7 Å². The number of rotatable bonds is 9. The second-order valence-electron chi connectivity index (χ2n) is 6.14. The minimum atomic E-state index is -3.15. The molecule has 23 heavy (non-hydrogen) atoms. The number of hydrogen-bond donors (Lipinski definition) is 2. The summed E-state index contributed by atoms with van der Waals surface area (Å²) in [6.45, 7) is 6.98. The minimum absolute atomic E-state index is 0.117. The first-order valence-corrected chi connectivity index (χ1v) is 11.2. The van der Waals surface area contributed by atoms with Gasteiger partial charge >= 0.3 is 0 Å². The Morgan fingerprint density at radius 3 is 2.43 bits per heavy atom. The fraction of sp³-hybridized carbons (Fsp3) is 0.933. The van der Waals surface area contributed by atoms with Gasteiger partial charge in [0.25, 0.3) is 0 Å². The van der Waals surface area contributed by atoms with Crippen molar-refractivity contribution in [1.82, 2.24) is 14.9 Å². The van der Waals surface area contributed by atoms with Crippen LogP contribution >= 0.6 is 11.8 Å². The van der Waals surface area contributed by atoms with Crippen LogP contribution in [0.3, 0.4) is 0 Å². The van der Waals surface area contributed by atoms with Gasteiger partial charge < -0.3 is 10.6 Å². The number of hydrogen-bond acceptors (Lipinski definition) is 4. The molecule has 0 aromatic carbocycles. The van der Waals surface area contributed by atoms with Crippen molar-refractivity contribution in [2.24, 2.45) is 10.9 Å². The normalized spacial score (nSPS) is 17.5. The van der Waals surface area contributed by atoms with Gasteiger partial charge in [0.05, 0.1) is 5.75 Å². The molecule has 1 aliphatic heterocycles. The van der Waals surface area contributed by atoms with E-state index in [0.29, 0.717) is 25.6 Å². The van der Waals surface area contributed by atoms with E-state index in [1.165, 1.54) is 12.8 Å². The maximum Gasteiger partial charge on any atom is 0.215 e. The highest BCUT2D eigenvalue weighted by Gasteiger charge is 2.23. The average molecular weight is 365 g/mol. The third kappa shape index (κ3) is 8.81. The molecule has 0 bridgehead atoms. The molecule has 0 aromatic heterocycles. The van der Waals surface area contributed by atoms with Crippen molar-refractivity contribution in [3.05, 3.63) is 0 Å². The minimum Gasteiger partial charge on any atom is -0.356 e. The quantitative estimate of drug-likeness (QED) is 0.367. The standard InChI is InChI=1S/C15H32N4O2S2/c1-14(2)6-4-5-7-17-15(16-3)18-8-13-23(20,21)19-9-11-22-12-10-19/h14H,4-13H2,1-3H3,(H2,16,17,18). The Morgan fingerprint density at radius 1 is 1.17 bits per heavy atom. The SMILES string of the molecule is CN=C(NCCCCC(C)C)NCCS(=O)(=O)N1CCSCC1. The van der Waals surface area contributed by atoms with Crippen LogP contribution in [0.15, 0.2) is 4.99 Å². The molecule has 8 heteroatoms. The molecule has 0 atom stereocenters. The van der Waals surface area contributed by atoms with Gasteiger partial charge in [-0.3, -0.25) is 4.99 Å². The molecule has 1 saturated heterocycles. The van der Waals surface area contributed by atoms with Crippen molar-refractivity contribution < 1.29 is 8.42 Å². The van der Waals surface area contributed by atoms with E-state index in [2.05, 4.69) is 29.5 Å². The predicted molar refractivity (Wildman–Crippen MR) is 101 cm³/mol. The number of guanidine groups is 1. The molecule has 1 fully saturated rings. The molecule has 0 radical (unpaired) electrons. The van der Waals surface area contributed by atoms with Crippen molar-refractivity contribution >= 4 is 27.7 Å². The van der Waals surface area contributed by atoms with Crippen molar-refractivity contribution in [1.29, 1.82) is 0 Å². The zero-order chi connectivity index (χ0) is 17.1. The Bertz CT molecular complexity index is 446. The van der Waals surface area contributed by atoms with Gasteiger partial charge in [-0.1, -0.05) is 26.7 Å². The molecule has 0 aromatic rings. The Labute approximate surface area is 145 Å². The topological polar surface area (TPSA) is 73.8 Å². The largest absolute Gasteiger partial charge is 0.356 e. The summed E-state index contributed by atoms with van der Waals surface area (Å²) in [5, 5.41) is 6.33. The molecule has 0 amide bonds. The lowest BCUT2D eigenvalue weighted by atomic mass is 10.1. The van der Waals surface area contributed by atoms with Crippen molar-refractivity contribution in [2.75, 3.05) is 50.5 Å². The molecule has 136 valence electrons. The molecule has 2 N–H and O–H groups in total. The summed E-state index contributed by atoms with van der Waals surface area (Å²) in [5.41, 5.74) is 0. The fourth-order valence-electron chi connectivity index (χ4n) is 2.36. The van der Waals surface area contributed by atoms with E-state index in [1.54, 1.807) is 11.4 Å². The lowest BCUT2D eigenvalue weighted by molar-refractivity contribution is 0.443. The van der Waals surface area contributed by atoms with E-state index in [9.17, 15) is 8.42 Å². The van der Waals surface area contributed by atoms with E-state index in [4.69, 9.17) is 0 Å². The predicted octanol–water partition coefficient (Wildman–Crippen LogP) is 1.36. The summed E-state index contributed by atoms with van der Waals surface area (Å²) >= 11 is 1.81. The van der Waals surface area contributed by atoms with Gasteiger partial charge in [-0.15, -0.1) is 0 Å². The summed E-state index contributed by atoms with van der Waals surface area (Å²) in [7, 11) is -1.44. The van der Waals surface area contributed by atoms with Gasteiger partial charge in [0.1, 0.15) is 0 Å². The average Bonchev–Trinajstić information content (AvgIpc) is 2.53. The summed E-state index contributed by atoms with van der Waals surface area (Å²) in [5.74, 6) is 3.33. The van der Waals surface area contributed by atoms with Gasteiger partial charge in [0.15, 0.2) is 5.96 Å². The maximum atomic E-state index is 12.2. The van der Waals surface area contributed by atoms with Gasteiger partial charge in [0.2, 0.25) is 10.0 Å². The summed E-state index contributed by atoms with van der Waals surface area (Å²) < 4.78 is 26.1.